The van der Waals surface area contributed by atoms with Gasteiger partial charge in [0.2, 0.25) is 0 Å². The molecule has 1 aromatic heterocycles. The van der Waals surface area contributed by atoms with Gasteiger partial charge in [0.1, 0.15) is 0 Å². The van der Waals surface area contributed by atoms with Gasteiger partial charge in [-0.2, -0.15) is 0 Å². The van der Waals surface area contributed by atoms with Crippen LogP contribution in [0.2, 0.25) is 0 Å². The van der Waals surface area contributed by atoms with E-state index in [0.29, 0.717) is 0 Å². The largest absolute Gasteiger partial charge is 0.311 e. The second-order valence-electron chi connectivity index (χ2n) is 6.55. The molecule has 1 N–H and O–H groups in total. The Labute approximate surface area is 133 Å². The van der Waals surface area contributed by atoms with Crippen molar-refractivity contribution in [3.63, 3.8) is 0 Å². The fourth-order valence-electron chi connectivity index (χ4n) is 3.58. The van der Waals surface area contributed by atoms with E-state index in [2.05, 4.69) is 32.6 Å². The maximum absolute atomic E-state index is 3.57. The summed E-state index contributed by atoms with van der Waals surface area (Å²) in [6.07, 6.45) is 5.66. The molecule has 0 saturated carbocycles. The van der Waals surface area contributed by atoms with E-state index in [4.69, 9.17) is 0 Å². The summed E-state index contributed by atoms with van der Waals surface area (Å²) < 4.78 is 0. The van der Waals surface area contributed by atoms with Crippen LogP contribution in [0.4, 0.5) is 0 Å². The van der Waals surface area contributed by atoms with Gasteiger partial charge in [0, 0.05) is 31.1 Å². The molecule has 0 aromatic carbocycles. The van der Waals surface area contributed by atoms with E-state index in [1.807, 2.05) is 11.3 Å². The zero-order valence-electron chi connectivity index (χ0n) is 13.1. The highest BCUT2D eigenvalue weighted by Gasteiger charge is 2.22. The highest BCUT2D eigenvalue weighted by molar-refractivity contribution is 7.09. The zero-order valence-corrected chi connectivity index (χ0v) is 13.9. The van der Waals surface area contributed by atoms with Crippen LogP contribution in [0.25, 0.3) is 0 Å². The van der Waals surface area contributed by atoms with Crippen molar-refractivity contribution in [2.45, 2.75) is 32.2 Å². The smallest absolute Gasteiger partial charge is 0.0300 e. The summed E-state index contributed by atoms with van der Waals surface area (Å²) in [5.74, 6) is 0.957. The number of hydrogen-bond acceptors (Lipinski definition) is 4. The molecule has 0 atom stereocenters. The fourth-order valence-corrected chi connectivity index (χ4v) is 4.26. The van der Waals surface area contributed by atoms with Crippen LogP contribution in [0.15, 0.2) is 17.5 Å². The molecule has 3 nitrogen and oxygen atoms in total. The van der Waals surface area contributed by atoms with Gasteiger partial charge in [0.15, 0.2) is 0 Å². The average molecular weight is 308 g/mol. The number of thiophene rings is 1. The lowest BCUT2D eigenvalue weighted by molar-refractivity contribution is 0.154. The molecule has 2 fully saturated rings. The Morgan fingerprint density at radius 2 is 1.90 bits per heavy atom. The number of rotatable bonds is 7. The quantitative estimate of drug-likeness (QED) is 0.781. The van der Waals surface area contributed by atoms with E-state index < -0.39 is 0 Å². The number of hydrogen-bond donors (Lipinski definition) is 1. The summed E-state index contributed by atoms with van der Waals surface area (Å²) in [7, 11) is 0. The number of piperidine rings is 1. The molecule has 0 amide bonds. The summed E-state index contributed by atoms with van der Waals surface area (Å²) in [6.45, 7) is 10.0. The van der Waals surface area contributed by atoms with Crippen molar-refractivity contribution in [2.24, 2.45) is 5.92 Å². The van der Waals surface area contributed by atoms with Gasteiger partial charge in [-0.25, -0.2) is 0 Å². The first kappa shape index (κ1) is 15.5. The maximum atomic E-state index is 3.57. The number of likely N-dealkylation sites (tertiary alicyclic amines) is 2. The topological polar surface area (TPSA) is 18.5 Å². The van der Waals surface area contributed by atoms with E-state index in [0.717, 1.165) is 19.0 Å². The third-order valence-electron chi connectivity index (χ3n) is 4.91. The molecule has 118 valence electrons. The first-order valence-corrected chi connectivity index (χ1v) is 9.46. The number of nitrogens with zero attached hydrogens (tertiary/aromatic N) is 2. The molecule has 2 aliphatic rings. The molecule has 4 heteroatoms. The highest BCUT2D eigenvalue weighted by atomic mass is 32.1. The van der Waals surface area contributed by atoms with Crippen molar-refractivity contribution in [3.8, 4) is 0 Å². The van der Waals surface area contributed by atoms with Gasteiger partial charge >= 0.3 is 0 Å². The Morgan fingerprint density at radius 1 is 1.10 bits per heavy atom. The van der Waals surface area contributed by atoms with Gasteiger partial charge in [0.25, 0.3) is 0 Å². The maximum Gasteiger partial charge on any atom is 0.0300 e. The van der Waals surface area contributed by atoms with Crippen LogP contribution in [0.3, 0.4) is 0 Å². The Morgan fingerprint density at radius 3 is 2.62 bits per heavy atom. The van der Waals surface area contributed by atoms with Gasteiger partial charge in [-0.1, -0.05) is 6.07 Å². The molecule has 0 spiro atoms. The van der Waals surface area contributed by atoms with Gasteiger partial charge in [-0.3, -0.25) is 0 Å². The van der Waals surface area contributed by atoms with E-state index in [9.17, 15) is 0 Å². The lowest BCUT2D eigenvalue weighted by Crippen LogP contribution is -2.40. The minimum atomic E-state index is 0.957. The average Bonchev–Trinajstić information content (AvgIpc) is 3.19. The summed E-state index contributed by atoms with van der Waals surface area (Å²) in [4.78, 5) is 6.77. The van der Waals surface area contributed by atoms with Crippen molar-refractivity contribution < 1.29 is 0 Å². The van der Waals surface area contributed by atoms with Gasteiger partial charge in [-0.15, -0.1) is 11.3 Å². The van der Waals surface area contributed by atoms with Crippen molar-refractivity contribution in [3.05, 3.63) is 22.4 Å². The highest BCUT2D eigenvalue weighted by Crippen LogP contribution is 2.20. The summed E-state index contributed by atoms with van der Waals surface area (Å²) in [5.41, 5.74) is 0. The van der Waals surface area contributed by atoms with Crippen LogP contribution < -0.4 is 5.32 Å². The van der Waals surface area contributed by atoms with Crippen LogP contribution in [-0.4, -0.2) is 55.6 Å². The Balaban J connectivity index is 1.25. The molecule has 21 heavy (non-hydrogen) atoms. The first-order chi connectivity index (χ1) is 10.4. The molecule has 3 rings (SSSR count). The van der Waals surface area contributed by atoms with Gasteiger partial charge in [0.05, 0.1) is 0 Å². The Hall–Kier alpha value is -0.420. The Bertz CT molecular complexity index is 379. The van der Waals surface area contributed by atoms with Gasteiger partial charge < -0.3 is 15.1 Å². The summed E-state index contributed by atoms with van der Waals surface area (Å²) in [5, 5.41) is 5.72. The molecule has 3 heterocycles. The lowest BCUT2D eigenvalue weighted by atomic mass is 9.96. The van der Waals surface area contributed by atoms with E-state index in [1.54, 1.807) is 0 Å². The normalized spacial score (nSPS) is 22.1. The lowest BCUT2D eigenvalue weighted by Gasteiger charge is -2.33. The van der Waals surface area contributed by atoms with E-state index >= 15 is 0 Å². The molecule has 0 aliphatic carbocycles. The standard InChI is InChI=1S/C17H29N3S/c1-2-9-20(8-1)15-16-5-10-19(11-6-16)12-7-18-14-17-4-3-13-21-17/h3-4,13,16,18H,1-2,5-12,14-15H2. The van der Waals surface area contributed by atoms with Crippen LogP contribution in [0, 0.1) is 5.92 Å². The zero-order chi connectivity index (χ0) is 14.3. The fraction of sp³-hybridized carbons (Fsp3) is 0.765. The van der Waals surface area contributed by atoms with Crippen LogP contribution >= 0.6 is 11.3 Å². The monoisotopic (exact) mass is 307 g/mol. The Kier molecular flexibility index (Phi) is 6.10. The molecule has 1 aromatic rings. The third kappa shape index (κ3) is 5.06. The summed E-state index contributed by atoms with van der Waals surface area (Å²) in [6, 6.07) is 4.34. The first-order valence-electron chi connectivity index (χ1n) is 8.58. The van der Waals surface area contributed by atoms with Crippen LogP contribution in [-0.2, 0) is 6.54 Å². The predicted molar refractivity (Wildman–Crippen MR) is 90.9 cm³/mol. The van der Waals surface area contributed by atoms with Crippen molar-refractivity contribution in [1.29, 1.82) is 0 Å². The van der Waals surface area contributed by atoms with Crippen molar-refractivity contribution in [2.75, 3.05) is 45.8 Å². The number of nitrogens with one attached hydrogen (secondary N) is 1. The molecule has 0 bridgehead atoms. The molecule has 0 radical (unpaired) electrons. The minimum absolute atomic E-state index is 0.957. The minimum Gasteiger partial charge on any atom is -0.311 e. The van der Waals surface area contributed by atoms with Crippen molar-refractivity contribution in [1.82, 2.24) is 15.1 Å². The van der Waals surface area contributed by atoms with E-state index in [-0.39, 0.29) is 0 Å². The van der Waals surface area contributed by atoms with Crippen LogP contribution in [0.1, 0.15) is 30.6 Å². The molecular formula is C17H29N3S. The van der Waals surface area contributed by atoms with Crippen LogP contribution in [0.5, 0.6) is 0 Å². The second kappa shape index (κ2) is 8.28. The van der Waals surface area contributed by atoms with Gasteiger partial charge in [-0.05, 0) is 69.2 Å². The molecule has 0 unspecified atom stereocenters. The summed E-state index contributed by atoms with van der Waals surface area (Å²) >= 11 is 1.84. The SMILES string of the molecule is c1csc(CNCCN2CCC(CN3CCCC3)CC2)c1. The molecular weight excluding hydrogens is 278 g/mol. The molecule has 2 saturated heterocycles. The predicted octanol–water partition coefficient (Wildman–Crippen LogP) is 2.65. The van der Waals surface area contributed by atoms with E-state index in [1.165, 1.54) is 69.8 Å². The molecule has 2 aliphatic heterocycles. The second-order valence-corrected chi connectivity index (χ2v) is 7.58. The van der Waals surface area contributed by atoms with Crippen molar-refractivity contribution >= 4 is 11.3 Å². The third-order valence-corrected chi connectivity index (χ3v) is 5.78.